The molecule has 5 N–H and O–H groups in total. The van der Waals surface area contributed by atoms with Crippen molar-refractivity contribution in [1.29, 1.82) is 0 Å². The Bertz CT molecular complexity index is 2220. The number of methoxy groups -OCH3 is 1. The Hall–Kier alpha value is -5.82. The lowest BCUT2D eigenvalue weighted by Gasteiger charge is -2.23. The van der Waals surface area contributed by atoms with Crippen molar-refractivity contribution < 1.29 is 39.2 Å². The first-order chi connectivity index (χ1) is 21.5. The molecular weight excluding hydrogens is 608 g/mol. The largest absolute Gasteiger partial charge is 0.507 e. The third kappa shape index (κ3) is 3.58. The maximum absolute atomic E-state index is 14.2. The normalized spacial score (nSPS) is 18.5. The maximum Gasteiger partial charge on any atom is 0.260 e. The number of hydrazone groups is 1. The number of hydrogen-bond acceptors (Lipinski definition) is 12. The van der Waals surface area contributed by atoms with E-state index in [1.807, 2.05) is 0 Å². The summed E-state index contributed by atoms with van der Waals surface area (Å²) in [4.78, 5) is 74.1. The second-order valence-electron chi connectivity index (χ2n) is 10.6. The number of phenols is 3. The molecule has 7 rings (SSSR count). The molecule has 4 aromatic rings. The van der Waals surface area contributed by atoms with E-state index in [0.29, 0.717) is 5.82 Å². The summed E-state index contributed by atoms with van der Waals surface area (Å²) in [5, 5.41) is 37.7. The van der Waals surface area contributed by atoms with Crippen LogP contribution in [0.15, 0.2) is 52.2 Å². The van der Waals surface area contributed by atoms with Crippen LogP contribution in [0.2, 0.25) is 5.02 Å². The fraction of sp³-hybridized carbons (Fsp3) is 0.129. The van der Waals surface area contributed by atoms with Gasteiger partial charge in [0.25, 0.3) is 5.56 Å². The van der Waals surface area contributed by atoms with E-state index < -0.39 is 79.4 Å². The number of fused-ring (bicyclic) bond motifs is 5. The molecule has 13 nitrogen and oxygen atoms in total. The highest BCUT2D eigenvalue weighted by Crippen LogP contribution is 2.58. The van der Waals surface area contributed by atoms with Crippen molar-refractivity contribution in [3.63, 3.8) is 0 Å². The second-order valence-corrected chi connectivity index (χ2v) is 11.0. The number of ketones is 4. The Labute approximate surface area is 256 Å². The van der Waals surface area contributed by atoms with Gasteiger partial charge in [0.2, 0.25) is 5.78 Å². The number of halogens is 1. The number of aromatic hydroxyl groups is 3. The zero-order valence-electron chi connectivity index (χ0n) is 23.0. The lowest BCUT2D eigenvalue weighted by atomic mass is 9.76. The van der Waals surface area contributed by atoms with E-state index >= 15 is 0 Å². The predicted octanol–water partition coefficient (Wildman–Crippen LogP) is 3.31. The molecule has 2 aromatic carbocycles. The van der Waals surface area contributed by atoms with Gasteiger partial charge in [-0.1, -0.05) is 17.7 Å². The molecule has 0 radical (unpaired) electrons. The molecule has 1 atom stereocenters. The minimum atomic E-state index is -2.21. The number of carbonyl (C=O) groups is 4. The number of anilines is 1. The first-order valence-corrected chi connectivity index (χ1v) is 13.8. The number of rotatable bonds is 4. The van der Waals surface area contributed by atoms with Gasteiger partial charge in [-0.15, -0.1) is 0 Å². The number of hydrogen-bond donors (Lipinski definition) is 5. The number of H-pyrrole nitrogens is 1. The number of pyridine rings is 2. The summed E-state index contributed by atoms with van der Waals surface area (Å²) in [5.74, 6) is -6.57. The van der Waals surface area contributed by atoms with Crippen LogP contribution in [0.4, 0.5) is 5.82 Å². The number of aromatic nitrogens is 2. The molecule has 3 aliphatic carbocycles. The van der Waals surface area contributed by atoms with Crippen molar-refractivity contribution >= 4 is 57.5 Å². The molecule has 2 aromatic heterocycles. The smallest absolute Gasteiger partial charge is 0.260 e. The highest BCUT2D eigenvalue weighted by molar-refractivity contribution is 6.41. The summed E-state index contributed by atoms with van der Waals surface area (Å²) >= 11 is 6.77. The molecule has 224 valence electrons. The molecule has 2 heterocycles. The van der Waals surface area contributed by atoms with E-state index in [1.165, 1.54) is 12.3 Å². The number of phenolic OH excluding ortho intramolecular Hbond substituents is 3. The number of nitrogens with one attached hydrogen (secondary N) is 2. The molecule has 3 aliphatic rings. The second kappa shape index (κ2) is 9.59. The molecule has 0 unspecified atom stereocenters. The Morgan fingerprint density at radius 2 is 1.73 bits per heavy atom. The summed E-state index contributed by atoms with van der Waals surface area (Å²) in [6.45, 7) is 0. The average Bonchev–Trinajstić information content (AvgIpc) is 3.53. The SMILES string of the molecule is COC1=CC(=O)c2c(O)c3c(c(O)c2C1=O)C(=O)[C@]1(CCc2c1c(O)c1c(=O)[nH]c(C=NNc4ccccn4)cc1c2Cl)C3=O. The molecule has 14 heteroatoms. The van der Waals surface area contributed by atoms with Crippen molar-refractivity contribution in [2.45, 2.75) is 18.3 Å². The molecule has 0 bridgehead atoms. The van der Waals surface area contributed by atoms with Crippen LogP contribution in [-0.4, -0.2) is 61.7 Å². The first kappa shape index (κ1) is 28.0. The Kier molecular flexibility index (Phi) is 5.96. The Morgan fingerprint density at radius 3 is 2.40 bits per heavy atom. The van der Waals surface area contributed by atoms with E-state index in [9.17, 15) is 39.3 Å². The van der Waals surface area contributed by atoms with Gasteiger partial charge >= 0.3 is 0 Å². The number of benzene rings is 2. The third-order valence-corrected chi connectivity index (χ3v) is 8.84. The molecular formula is C31H19ClN4O9. The number of nitrogens with zero attached hydrogens (tertiary/aromatic N) is 2. The molecule has 1 spiro atoms. The van der Waals surface area contributed by atoms with Crippen molar-refractivity contribution in [3.8, 4) is 17.2 Å². The fourth-order valence-electron chi connectivity index (χ4n) is 6.47. The van der Waals surface area contributed by atoms with Crippen LogP contribution in [0.1, 0.15) is 64.7 Å². The molecule has 0 aliphatic heterocycles. The van der Waals surface area contributed by atoms with E-state index in [0.717, 1.165) is 13.2 Å². The number of Topliss-reactive ketones (excluding diaryl/α,β-unsaturated/α-hetero) is 3. The molecule has 0 saturated carbocycles. The van der Waals surface area contributed by atoms with Crippen LogP contribution < -0.4 is 11.0 Å². The lowest BCUT2D eigenvalue weighted by molar-refractivity contribution is 0.0790. The van der Waals surface area contributed by atoms with Crippen molar-refractivity contribution in [2.75, 3.05) is 12.5 Å². The zero-order chi connectivity index (χ0) is 31.9. The average molecular weight is 627 g/mol. The van der Waals surface area contributed by atoms with Crippen LogP contribution in [0, 0.1) is 0 Å². The standard InChI is InChI=1S/C31H19ClN4O9/c1-45-15-9-14(37)18-19(24(15)38)26(40)21-20(25(18)39)28(42)31(29(21)43)6-5-12-22(31)27(41)17-13(23(12)32)8-11(35-30(17)44)10-34-36-16-4-2-3-7-33-16/h2-4,7-10,39-41H,5-6H2,1H3,(H,33,36)(H,35,44)/t31-/m0/s1. The Balaban J connectivity index is 1.39. The molecule has 0 fully saturated rings. The van der Waals surface area contributed by atoms with Gasteiger partial charge in [0, 0.05) is 23.2 Å². The van der Waals surface area contributed by atoms with Crippen molar-refractivity contribution in [2.24, 2.45) is 5.10 Å². The van der Waals surface area contributed by atoms with Gasteiger partial charge < -0.3 is 25.0 Å². The third-order valence-electron chi connectivity index (χ3n) is 8.41. The van der Waals surface area contributed by atoms with Crippen LogP contribution in [0.5, 0.6) is 17.2 Å². The number of ether oxygens (including phenoxy) is 1. The summed E-state index contributed by atoms with van der Waals surface area (Å²) in [6.07, 6.45) is 3.42. The molecule has 0 saturated heterocycles. The van der Waals surface area contributed by atoms with Gasteiger partial charge in [-0.3, -0.25) is 29.4 Å². The monoisotopic (exact) mass is 626 g/mol. The maximum atomic E-state index is 14.2. The summed E-state index contributed by atoms with van der Waals surface area (Å²) < 4.78 is 4.92. The van der Waals surface area contributed by atoms with Crippen molar-refractivity contribution in [1.82, 2.24) is 9.97 Å². The summed E-state index contributed by atoms with van der Waals surface area (Å²) in [5.41, 5.74) is -2.83. The van der Waals surface area contributed by atoms with Gasteiger partial charge in [-0.2, -0.15) is 5.10 Å². The van der Waals surface area contributed by atoms with Gasteiger partial charge in [0.15, 0.2) is 23.1 Å². The molecule has 45 heavy (non-hydrogen) atoms. The van der Waals surface area contributed by atoms with Gasteiger partial charge in [0.05, 0.1) is 51.7 Å². The van der Waals surface area contributed by atoms with Crippen LogP contribution >= 0.6 is 11.6 Å². The highest BCUT2D eigenvalue weighted by Gasteiger charge is 2.62. The minimum absolute atomic E-state index is 0.00306. The number of allylic oxidation sites excluding steroid dienone is 2. The minimum Gasteiger partial charge on any atom is -0.507 e. The summed E-state index contributed by atoms with van der Waals surface area (Å²) in [6, 6.07) is 6.62. The Morgan fingerprint density at radius 1 is 1.02 bits per heavy atom. The van der Waals surface area contributed by atoms with Gasteiger partial charge in [-0.25, -0.2) is 4.98 Å². The van der Waals surface area contributed by atoms with Crippen LogP contribution in [0.25, 0.3) is 10.8 Å². The van der Waals surface area contributed by atoms with E-state index in [4.69, 9.17) is 16.3 Å². The van der Waals surface area contributed by atoms with Gasteiger partial charge in [-0.05, 0) is 36.6 Å². The van der Waals surface area contributed by atoms with E-state index in [1.54, 1.807) is 24.4 Å². The highest BCUT2D eigenvalue weighted by atomic mass is 35.5. The van der Waals surface area contributed by atoms with Crippen molar-refractivity contribution in [3.05, 3.63) is 96.7 Å². The topological polar surface area (TPSA) is 208 Å². The van der Waals surface area contributed by atoms with Crippen LogP contribution in [-0.2, 0) is 16.6 Å². The zero-order valence-corrected chi connectivity index (χ0v) is 23.8. The fourth-order valence-corrected chi connectivity index (χ4v) is 6.81. The lowest BCUT2D eigenvalue weighted by Crippen LogP contribution is -2.36. The van der Waals surface area contributed by atoms with E-state index in [-0.39, 0.29) is 45.5 Å². The van der Waals surface area contributed by atoms with E-state index in [2.05, 4.69) is 20.5 Å². The quantitative estimate of drug-likeness (QED) is 0.0960. The number of aromatic amines is 1. The van der Waals surface area contributed by atoms with Gasteiger partial charge in [0.1, 0.15) is 28.5 Å². The first-order valence-electron chi connectivity index (χ1n) is 13.4. The van der Waals surface area contributed by atoms with Crippen LogP contribution in [0.3, 0.4) is 0 Å². The predicted molar refractivity (Wildman–Crippen MR) is 159 cm³/mol. The number of carbonyl (C=O) groups excluding carboxylic acids is 4. The molecule has 0 amide bonds. The summed E-state index contributed by atoms with van der Waals surface area (Å²) in [7, 11) is 1.12.